The summed E-state index contributed by atoms with van der Waals surface area (Å²) >= 11 is 11.5. The van der Waals surface area contributed by atoms with Crippen LogP contribution in [0.5, 0.6) is 5.75 Å². The van der Waals surface area contributed by atoms with Crippen LogP contribution in [0.2, 0.25) is 10.0 Å². The third-order valence-corrected chi connectivity index (χ3v) is 3.31. The Morgan fingerprint density at radius 3 is 2.58 bits per heavy atom. The number of ether oxygens (including phenoxy) is 1. The second-order valence-corrected chi connectivity index (χ2v) is 5.35. The molecular formula is C15H11Cl2N3O4. The van der Waals surface area contributed by atoms with Crippen LogP contribution in [0.25, 0.3) is 0 Å². The molecule has 2 rings (SSSR count). The Bertz CT molecular complexity index is 779. The average Bonchev–Trinajstić information content (AvgIpc) is 2.54. The molecule has 24 heavy (non-hydrogen) atoms. The van der Waals surface area contributed by atoms with Crippen LogP contribution in [0.15, 0.2) is 47.6 Å². The number of amides is 1. The molecule has 2 aromatic rings. The first kappa shape index (κ1) is 17.7. The number of halogens is 2. The number of carbonyl (C=O) groups excluding carboxylic acids is 1. The molecule has 0 unspecified atom stereocenters. The van der Waals surface area contributed by atoms with E-state index in [-0.39, 0.29) is 17.3 Å². The molecule has 0 bridgehead atoms. The fourth-order valence-electron chi connectivity index (χ4n) is 1.64. The van der Waals surface area contributed by atoms with Crippen molar-refractivity contribution in [2.24, 2.45) is 5.10 Å². The van der Waals surface area contributed by atoms with E-state index in [2.05, 4.69) is 10.5 Å². The maximum atomic E-state index is 11.6. The molecule has 0 saturated carbocycles. The molecule has 0 aliphatic rings. The van der Waals surface area contributed by atoms with Crippen LogP contribution in [-0.4, -0.2) is 23.7 Å². The van der Waals surface area contributed by atoms with Crippen LogP contribution in [0.3, 0.4) is 0 Å². The molecule has 0 aliphatic carbocycles. The number of nitrogens with zero attached hydrogens (tertiary/aromatic N) is 2. The predicted octanol–water partition coefficient (Wildman–Crippen LogP) is 3.43. The van der Waals surface area contributed by atoms with Crippen molar-refractivity contribution in [3.63, 3.8) is 0 Å². The number of nitrogens with one attached hydrogen (secondary N) is 1. The number of hydrogen-bond acceptors (Lipinski definition) is 5. The molecule has 0 aliphatic heterocycles. The van der Waals surface area contributed by atoms with Gasteiger partial charge in [-0.1, -0.05) is 23.2 Å². The minimum Gasteiger partial charge on any atom is -0.484 e. The molecule has 0 aromatic heterocycles. The SMILES string of the molecule is O=C(COc1ccc(Cl)cc1)N/N=C\c1ccc([N+](=O)[O-])c(Cl)c1. The number of benzene rings is 2. The molecule has 0 atom stereocenters. The minimum atomic E-state index is -0.584. The van der Waals surface area contributed by atoms with Crippen LogP contribution in [0.4, 0.5) is 5.69 Å². The van der Waals surface area contributed by atoms with Gasteiger partial charge in [0.2, 0.25) is 0 Å². The van der Waals surface area contributed by atoms with Gasteiger partial charge in [-0.15, -0.1) is 0 Å². The number of carbonyl (C=O) groups is 1. The minimum absolute atomic E-state index is 0.0126. The summed E-state index contributed by atoms with van der Waals surface area (Å²) in [5.74, 6) is 0.0369. The van der Waals surface area contributed by atoms with Crippen molar-refractivity contribution in [2.75, 3.05) is 6.61 Å². The van der Waals surface area contributed by atoms with Gasteiger partial charge < -0.3 is 4.74 Å². The quantitative estimate of drug-likeness (QED) is 0.480. The van der Waals surface area contributed by atoms with Gasteiger partial charge in [0.25, 0.3) is 11.6 Å². The zero-order chi connectivity index (χ0) is 17.5. The van der Waals surface area contributed by atoms with Crippen molar-refractivity contribution < 1.29 is 14.5 Å². The number of rotatable bonds is 6. The van der Waals surface area contributed by atoms with Crippen molar-refractivity contribution in [1.82, 2.24) is 5.43 Å². The Labute approximate surface area is 147 Å². The summed E-state index contributed by atoms with van der Waals surface area (Å²) in [6.07, 6.45) is 1.32. The van der Waals surface area contributed by atoms with Crippen LogP contribution in [-0.2, 0) is 4.79 Å². The summed E-state index contributed by atoms with van der Waals surface area (Å²) in [5.41, 5.74) is 2.58. The lowest BCUT2D eigenvalue weighted by Crippen LogP contribution is -2.24. The molecule has 7 nitrogen and oxygen atoms in total. The van der Waals surface area contributed by atoms with Crippen LogP contribution in [0.1, 0.15) is 5.56 Å². The number of hydrazone groups is 1. The van der Waals surface area contributed by atoms with E-state index in [1.807, 2.05) is 0 Å². The van der Waals surface area contributed by atoms with Gasteiger partial charge in [0.1, 0.15) is 10.8 Å². The standard InChI is InChI=1S/C15H11Cl2N3O4/c16-11-2-4-12(5-3-11)24-9-15(21)19-18-8-10-1-6-14(20(22)23)13(17)7-10/h1-8H,9H2,(H,19,21)/b18-8-. The van der Waals surface area contributed by atoms with E-state index in [0.29, 0.717) is 16.3 Å². The highest BCUT2D eigenvalue weighted by Gasteiger charge is 2.11. The Morgan fingerprint density at radius 1 is 1.25 bits per heavy atom. The molecular weight excluding hydrogens is 357 g/mol. The fourth-order valence-corrected chi connectivity index (χ4v) is 2.03. The van der Waals surface area contributed by atoms with Gasteiger partial charge in [0.15, 0.2) is 6.61 Å². The van der Waals surface area contributed by atoms with Gasteiger partial charge in [0, 0.05) is 11.1 Å². The largest absolute Gasteiger partial charge is 0.484 e. The number of nitro benzene ring substituents is 1. The van der Waals surface area contributed by atoms with Gasteiger partial charge in [-0.05, 0) is 42.0 Å². The lowest BCUT2D eigenvalue weighted by molar-refractivity contribution is -0.384. The monoisotopic (exact) mass is 367 g/mol. The molecule has 2 aromatic carbocycles. The Kier molecular flexibility index (Phi) is 6.11. The van der Waals surface area contributed by atoms with E-state index in [0.717, 1.165) is 0 Å². The number of nitro groups is 1. The molecule has 1 amide bonds. The highest BCUT2D eigenvalue weighted by Crippen LogP contribution is 2.24. The molecule has 0 spiro atoms. The molecule has 0 heterocycles. The molecule has 9 heteroatoms. The lowest BCUT2D eigenvalue weighted by Gasteiger charge is -2.04. The maximum Gasteiger partial charge on any atom is 0.287 e. The Morgan fingerprint density at radius 2 is 1.96 bits per heavy atom. The third kappa shape index (κ3) is 5.22. The third-order valence-electron chi connectivity index (χ3n) is 2.75. The molecule has 0 radical (unpaired) electrons. The first-order valence-electron chi connectivity index (χ1n) is 6.60. The second-order valence-electron chi connectivity index (χ2n) is 4.50. The molecule has 1 N–H and O–H groups in total. The van der Waals surface area contributed by atoms with Crippen molar-refractivity contribution in [1.29, 1.82) is 0 Å². The summed E-state index contributed by atoms with van der Waals surface area (Å²) in [4.78, 5) is 21.7. The lowest BCUT2D eigenvalue weighted by atomic mass is 10.2. The van der Waals surface area contributed by atoms with Crippen molar-refractivity contribution in [2.45, 2.75) is 0 Å². The van der Waals surface area contributed by atoms with Gasteiger partial charge in [0.05, 0.1) is 11.1 Å². The molecule has 0 fully saturated rings. The van der Waals surface area contributed by atoms with Crippen LogP contribution >= 0.6 is 23.2 Å². The highest BCUT2D eigenvalue weighted by atomic mass is 35.5. The van der Waals surface area contributed by atoms with Gasteiger partial charge >= 0.3 is 0 Å². The van der Waals surface area contributed by atoms with Crippen molar-refractivity contribution in [3.8, 4) is 5.75 Å². The highest BCUT2D eigenvalue weighted by molar-refractivity contribution is 6.33. The second kappa shape index (κ2) is 8.28. The smallest absolute Gasteiger partial charge is 0.287 e. The first-order chi connectivity index (χ1) is 11.5. The van der Waals surface area contributed by atoms with E-state index < -0.39 is 10.8 Å². The van der Waals surface area contributed by atoms with E-state index >= 15 is 0 Å². The summed E-state index contributed by atoms with van der Waals surface area (Å²) < 4.78 is 5.25. The Hall–Kier alpha value is -2.64. The van der Waals surface area contributed by atoms with Crippen LogP contribution < -0.4 is 10.2 Å². The number of hydrogen-bond donors (Lipinski definition) is 1. The maximum absolute atomic E-state index is 11.6. The van der Waals surface area contributed by atoms with E-state index in [1.165, 1.54) is 24.4 Å². The van der Waals surface area contributed by atoms with E-state index in [1.54, 1.807) is 24.3 Å². The average molecular weight is 368 g/mol. The van der Waals surface area contributed by atoms with Crippen molar-refractivity contribution >= 4 is 41.0 Å². The van der Waals surface area contributed by atoms with E-state index in [9.17, 15) is 14.9 Å². The van der Waals surface area contributed by atoms with Gasteiger partial charge in [-0.3, -0.25) is 14.9 Å². The van der Waals surface area contributed by atoms with Gasteiger partial charge in [-0.25, -0.2) is 5.43 Å². The topological polar surface area (TPSA) is 93.8 Å². The normalized spacial score (nSPS) is 10.6. The van der Waals surface area contributed by atoms with Crippen LogP contribution in [0, 0.1) is 10.1 Å². The van der Waals surface area contributed by atoms with E-state index in [4.69, 9.17) is 27.9 Å². The summed E-state index contributed by atoms with van der Waals surface area (Å²) in [6, 6.07) is 10.7. The summed E-state index contributed by atoms with van der Waals surface area (Å²) in [5, 5.41) is 14.9. The van der Waals surface area contributed by atoms with Crippen molar-refractivity contribution in [3.05, 3.63) is 68.2 Å². The zero-order valence-corrected chi connectivity index (χ0v) is 13.6. The Balaban J connectivity index is 1.84. The first-order valence-corrected chi connectivity index (χ1v) is 7.35. The van der Waals surface area contributed by atoms with Gasteiger partial charge in [-0.2, -0.15) is 5.10 Å². The predicted molar refractivity (Wildman–Crippen MR) is 90.8 cm³/mol. The zero-order valence-electron chi connectivity index (χ0n) is 12.1. The summed E-state index contributed by atoms with van der Waals surface area (Å²) in [7, 11) is 0. The summed E-state index contributed by atoms with van der Waals surface area (Å²) in [6.45, 7) is -0.222. The molecule has 0 saturated heterocycles. The molecule has 124 valence electrons. The fraction of sp³-hybridized carbons (Fsp3) is 0.0667.